The molecule has 0 saturated heterocycles. The van der Waals surface area contributed by atoms with Crippen molar-refractivity contribution in [1.29, 1.82) is 0 Å². The van der Waals surface area contributed by atoms with Crippen molar-refractivity contribution in [3.05, 3.63) is 58.1 Å². The van der Waals surface area contributed by atoms with Crippen LogP contribution in [0.2, 0.25) is 10.0 Å². The fourth-order valence-electron chi connectivity index (χ4n) is 1.65. The van der Waals surface area contributed by atoms with Crippen molar-refractivity contribution in [2.75, 3.05) is 10.6 Å². The molecule has 3 N–H and O–H groups in total. The summed E-state index contributed by atoms with van der Waals surface area (Å²) < 4.78 is 0. The zero-order chi connectivity index (χ0) is 14.5. The van der Waals surface area contributed by atoms with Crippen LogP contribution >= 0.6 is 23.2 Å². The molecule has 0 heterocycles. The van der Waals surface area contributed by atoms with E-state index in [4.69, 9.17) is 23.2 Å². The van der Waals surface area contributed by atoms with Crippen LogP contribution in [0.5, 0.6) is 0 Å². The Morgan fingerprint density at radius 3 is 2.50 bits per heavy atom. The molecule has 0 atom stereocenters. The smallest absolute Gasteiger partial charge is 0.323 e. The van der Waals surface area contributed by atoms with Crippen molar-refractivity contribution >= 4 is 40.6 Å². The molecule has 4 nitrogen and oxygen atoms in total. The highest BCUT2D eigenvalue weighted by atomic mass is 35.5. The van der Waals surface area contributed by atoms with E-state index in [9.17, 15) is 9.90 Å². The van der Waals surface area contributed by atoms with Gasteiger partial charge in [0.15, 0.2) is 0 Å². The summed E-state index contributed by atoms with van der Waals surface area (Å²) >= 11 is 11.8. The molecular formula is C14H12Cl2N2O2. The number of halogens is 2. The fourth-order valence-corrected chi connectivity index (χ4v) is 1.99. The van der Waals surface area contributed by atoms with Gasteiger partial charge in [0.05, 0.1) is 17.3 Å². The molecular weight excluding hydrogens is 299 g/mol. The number of amides is 2. The van der Waals surface area contributed by atoms with E-state index >= 15 is 0 Å². The Hall–Kier alpha value is -1.75. The second kappa shape index (κ2) is 6.61. The van der Waals surface area contributed by atoms with E-state index in [1.165, 1.54) is 0 Å². The van der Waals surface area contributed by atoms with E-state index in [2.05, 4.69) is 10.6 Å². The number of para-hydroxylation sites is 1. The first kappa shape index (κ1) is 14.7. The molecule has 0 aliphatic carbocycles. The average Bonchev–Trinajstić information content (AvgIpc) is 2.43. The number of urea groups is 1. The maximum absolute atomic E-state index is 11.9. The lowest BCUT2D eigenvalue weighted by Gasteiger charge is -2.11. The maximum Gasteiger partial charge on any atom is 0.323 e. The summed E-state index contributed by atoms with van der Waals surface area (Å²) in [6.07, 6.45) is 0. The molecule has 0 spiro atoms. The predicted molar refractivity (Wildman–Crippen MR) is 81.5 cm³/mol. The number of rotatable bonds is 3. The Bertz CT molecular complexity index is 632. The van der Waals surface area contributed by atoms with Gasteiger partial charge in [-0.2, -0.15) is 0 Å². The second-order valence-corrected chi connectivity index (χ2v) is 4.86. The van der Waals surface area contributed by atoms with Crippen LogP contribution in [0.15, 0.2) is 42.5 Å². The summed E-state index contributed by atoms with van der Waals surface area (Å²) in [5, 5.41) is 15.3. The Morgan fingerprint density at radius 1 is 1.05 bits per heavy atom. The third-order valence-corrected chi connectivity index (χ3v) is 3.18. The van der Waals surface area contributed by atoms with Gasteiger partial charge in [-0.05, 0) is 24.3 Å². The Labute approximate surface area is 126 Å². The summed E-state index contributed by atoms with van der Waals surface area (Å²) in [6.45, 7) is -0.158. The van der Waals surface area contributed by atoms with E-state index in [1.807, 2.05) is 0 Å². The van der Waals surface area contributed by atoms with Crippen LogP contribution < -0.4 is 10.6 Å². The van der Waals surface area contributed by atoms with Gasteiger partial charge in [0.2, 0.25) is 0 Å². The zero-order valence-corrected chi connectivity index (χ0v) is 11.9. The summed E-state index contributed by atoms with van der Waals surface area (Å²) in [6, 6.07) is 11.3. The van der Waals surface area contributed by atoms with Crippen LogP contribution in [0, 0.1) is 0 Å². The molecule has 20 heavy (non-hydrogen) atoms. The number of hydrogen-bond acceptors (Lipinski definition) is 2. The van der Waals surface area contributed by atoms with Gasteiger partial charge >= 0.3 is 6.03 Å². The second-order valence-electron chi connectivity index (χ2n) is 4.02. The molecule has 0 aliphatic heterocycles. The van der Waals surface area contributed by atoms with Crippen molar-refractivity contribution in [3.8, 4) is 0 Å². The van der Waals surface area contributed by atoms with Crippen molar-refractivity contribution in [1.82, 2.24) is 0 Å². The molecule has 0 unspecified atom stereocenters. The summed E-state index contributed by atoms with van der Waals surface area (Å²) in [5.74, 6) is 0. The van der Waals surface area contributed by atoms with Gasteiger partial charge in [0, 0.05) is 16.3 Å². The highest BCUT2D eigenvalue weighted by Crippen LogP contribution is 2.25. The highest BCUT2D eigenvalue weighted by molar-refractivity contribution is 6.35. The number of hydrogen-bond donors (Lipinski definition) is 3. The number of aliphatic hydroxyl groups excluding tert-OH is 1. The molecule has 0 aromatic heterocycles. The first-order chi connectivity index (χ1) is 9.60. The van der Waals surface area contributed by atoms with E-state index in [1.54, 1.807) is 42.5 Å². The molecule has 0 bridgehead atoms. The first-order valence-corrected chi connectivity index (χ1v) is 6.57. The van der Waals surface area contributed by atoms with E-state index in [0.717, 1.165) is 0 Å². The molecule has 0 fully saturated rings. The number of carbonyl (C=O) groups excluding carboxylic acids is 1. The van der Waals surface area contributed by atoms with E-state index in [-0.39, 0.29) is 6.61 Å². The van der Waals surface area contributed by atoms with Gasteiger partial charge < -0.3 is 15.7 Å². The predicted octanol–water partition coefficient (Wildman–Crippen LogP) is 4.13. The number of aliphatic hydroxyl groups is 1. The summed E-state index contributed by atoms with van der Waals surface area (Å²) in [7, 11) is 0. The molecule has 104 valence electrons. The largest absolute Gasteiger partial charge is 0.392 e. The number of carbonyl (C=O) groups is 1. The van der Waals surface area contributed by atoms with E-state index < -0.39 is 6.03 Å². The Balaban J connectivity index is 2.11. The molecule has 2 rings (SSSR count). The Kier molecular flexibility index (Phi) is 4.84. The molecule has 0 radical (unpaired) electrons. The Morgan fingerprint density at radius 2 is 1.75 bits per heavy atom. The standard InChI is InChI=1S/C14H12Cl2N2O2/c15-10-5-6-11(16)13(7-10)18-14(20)17-12-4-2-1-3-9(12)8-19/h1-7,19H,8H2,(H2,17,18,20). The lowest BCUT2D eigenvalue weighted by Crippen LogP contribution is -2.20. The van der Waals surface area contributed by atoms with E-state index in [0.29, 0.717) is 27.0 Å². The number of benzene rings is 2. The van der Waals surface area contributed by atoms with Gasteiger partial charge in [-0.15, -0.1) is 0 Å². The topological polar surface area (TPSA) is 61.4 Å². The van der Waals surface area contributed by atoms with Crippen molar-refractivity contribution in [3.63, 3.8) is 0 Å². The minimum Gasteiger partial charge on any atom is -0.392 e. The van der Waals surface area contributed by atoms with Gasteiger partial charge in [-0.1, -0.05) is 41.4 Å². The average molecular weight is 311 g/mol. The van der Waals surface area contributed by atoms with Crippen molar-refractivity contribution in [2.24, 2.45) is 0 Å². The van der Waals surface area contributed by atoms with Crippen LogP contribution in [0.25, 0.3) is 0 Å². The number of anilines is 2. The third kappa shape index (κ3) is 3.63. The van der Waals surface area contributed by atoms with Gasteiger partial charge in [-0.3, -0.25) is 0 Å². The lowest BCUT2D eigenvalue weighted by atomic mass is 10.2. The first-order valence-electron chi connectivity index (χ1n) is 5.82. The zero-order valence-electron chi connectivity index (χ0n) is 10.4. The minimum absolute atomic E-state index is 0.158. The normalized spacial score (nSPS) is 10.2. The van der Waals surface area contributed by atoms with Crippen LogP contribution in [-0.4, -0.2) is 11.1 Å². The molecule has 2 aromatic rings. The fraction of sp³-hybridized carbons (Fsp3) is 0.0714. The molecule has 2 amide bonds. The third-order valence-electron chi connectivity index (χ3n) is 2.61. The molecule has 0 aliphatic rings. The van der Waals surface area contributed by atoms with Crippen molar-refractivity contribution < 1.29 is 9.90 Å². The molecule has 0 saturated carbocycles. The minimum atomic E-state index is -0.463. The number of nitrogens with one attached hydrogen (secondary N) is 2. The summed E-state index contributed by atoms with van der Waals surface area (Å²) in [5.41, 5.74) is 1.57. The van der Waals surface area contributed by atoms with Crippen LogP contribution in [0.3, 0.4) is 0 Å². The van der Waals surface area contributed by atoms with Gasteiger partial charge in [0.1, 0.15) is 0 Å². The molecule has 2 aromatic carbocycles. The maximum atomic E-state index is 11.9. The molecule has 6 heteroatoms. The quantitative estimate of drug-likeness (QED) is 0.798. The van der Waals surface area contributed by atoms with Gasteiger partial charge in [0.25, 0.3) is 0 Å². The lowest BCUT2D eigenvalue weighted by molar-refractivity contribution is 0.262. The van der Waals surface area contributed by atoms with Crippen LogP contribution in [0.1, 0.15) is 5.56 Å². The van der Waals surface area contributed by atoms with Crippen molar-refractivity contribution in [2.45, 2.75) is 6.61 Å². The summed E-state index contributed by atoms with van der Waals surface area (Å²) in [4.78, 5) is 11.9. The van der Waals surface area contributed by atoms with Gasteiger partial charge in [-0.25, -0.2) is 4.79 Å². The monoisotopic (exact) mass is 310 g/mol. The van der Waals surface area contributed by atoms with Crippen LogP contribution in [0.4, 0.5) is 16.2 Å². The SMILES string of the molecule is O=C(Nc1cc(Cl)ccc1Cl)Nc1ccccc1CO. The highest BCUT2D eigenvalue weighted by Gasteiger charge is 2.08. The van der Waals surface area contributed by atoms with Crippen LogP contribution in [-0.2, 0) is 6.61 Å².